The number of hydrogen-bond acceptors (Lipinski definition) is 5. The van der Waals surface area contributed by atoms with Crippen LogP contribution in [0.3, 0.4) is 0 Å². The maximum atomic E-state index is 12.7. The van der Waals surface area contributed by atoms with Crippen molar-refractivity contribution >= 4 is 28.9 Å². The minimum atomic E-state index is -0.621. The number of aromatic amines is 1. The van der Waals surface area contributed by atoms with E-state index in [9.17, 15) is 14.4 Å². The Bertz CT molecular complexity index is 878. The van der Waals surface area contributed by atoms with Crippen LogP contribution in [-0.4, -0.2) is 76.0 Å². The standard InChI is InChI=1S/C19H25N5O4/c1-19(2,3)28-18(27)20-11-16(25)23-6-8-24(9-7-23)17(26)13-4-5-14-15(10-13)22-12-21-14/h4-5,10,12H,6-9,11H2,1-3H3,(H,20,27)(H,21,22). The fourth-order valence-corrected chi connectivity index (χ4v) is 2.98. The first-order valence-corrected chi connectivity index (χ1v) is 9.20. The van der Waals surface area contributed by atoms with Crippen molar-refractivity contribution in [1.29, 1.82) is 0 Å². The maximum absolute atomic E-state index is 12.7. The summed E-state index contributed by atoms with van der Waals surface area (Å²) in [5, 5.41) is 2.47. The highest BCUT2D eigenvalue weighted by Crippen LogP contribution is 2.15. The minimum Gasteiger partial charge on any atom is -0.444 e. The van der Waals surface area contributed by atoms with Crippen molar-refractivity contribution in [2.45, 2.75) is 26.4 Å². The van der Waals surface area contributed by atoms with Crippen LogP contribution in [0, 0.1) is 0 Å². The van der Waals surface area contributed by atoms with Gasteiger partial charge < -0.3 is 24.8 Å². The molecular weight excluding hydrogens is 362 g/mol. The molecule has 0 radical (unpaired) electrons. The number of amides is 3. The topological polar surface area (TPSA) is 108 Å². The molecule has 0 atom stereocenters. The molecule has 1 aliphatic heterocycles. The van der Waals surface area contributed by atoms with E-state index in [1.165, 1.54) is 0 Å². The first-order chi connectivity index (χ1) is 13.2. The molecule has 0 spiro atoms. The first kappa shape index (κ1) is 19.7. The van der Waals surface area contributed by atoms with Crippen LogP contribution in [0.5, 0.6) is 0 Å². The van der Waals surface area contributed by atoms with Gasteiger partial charge >= 0.3 is 6.09 Å². The van der Waals surface area contributed by atoms with Gasteiger partial charge in [0.15, 0.2) is 0 Å². The van der Waals surface area contributed by atoms with Crippen molar-refractivity contribution in [2.24, 2.45) is 0 Å². The molecule has 9 nitrogen and oxygen atoms in total. The summed E-state index contributed by atoms with van der Waals surface area (Å²) < 4.78 is 5.12. The van der Waals surface area contributed by atoms with Gasteiger partial charge in [-0.2, -0.15) is 0 Å². The molecule has 2 heterocycles. The molecule has 150 valence electrons. The Hall–Kier alpha value is -3.10. The van der Waals surface area contributed by atoms with Crippen LogP contribution in [0.4, 0.5) is 4.79 Å². The van der Waals surface area contributed by atoms with Gasteiger partial charge in [0.1, 0.15) is 12.1 Å². The zero-order chi connectivity index (χ0) is 20.3. The van der Waals surface area contributed by atoms with E-state index in [-0.39, 0.29) is 18.4 Å². The Morgan fingerprint density at radius 3 is 2.50 bits per heavy atom. The van der Waals surface area contributed by atoms with Gasteiger partial charge in [0, 0.05) is 31.7 Å². The zero-order valence-electron chi connectivity index (χ0n) is 16.3. The van der Waals surface area contributed by atoms with Crippen molar-refractivity contribution in [3.63, 3.8) is 0 Å². The summed E-state index contributed by atoms with van der Waals surface area (Å²) in [6.07, 6.45) is 0.970. The predicted octanol–water partition coefficient (Wildman–Crippen LogP) is 1.37. The number of nitrogens with zero attached hydrogens (tertiary/aromatic N) is 3. The molecule has 2 N–H and O–H groups in total. The number of carbonyl (C=O) groups excluding carboxylic acids is 3. The van der Waals surface area contributed by atoms with Gasteiger partial charge in [0.2, 0.25) is 5.91 Å². The number of ether oxygens (including phenoxy) is 1. The second kappa shape index (κ2) is 7.87. The summed E-state index contributed by atoms with van der Waals surface area (Å²) in [5.74, 6) is -0.271. The van der Waals surface area contributed by atoms with Crippen LogP contribution in [-0.2, 0) is 9.53 Å². The molecule has 1 aromatic carbocycles. The lowest BCUT2D eigenvalue weighted by Crippen LogP contribution is -2.52. The number of rotatable bonds is 3. The van der Waals surface area contributed by atoms with Crippen LogP contribution in [0.25, 0.3) is 11.0 Å². The molecular formula is C19H25N5O4. The summed E-state index contributed by atoms with van der Waals surface area (Å²) in [6.45, 7) is 6.88. The van der Waals surface area contributed by atoms with Crippen molar-refractivity contribution < 1.29 is 19.1 Å². The van der Waals surface area contributed by atoms with Crippen molar-refractivity contribution in [2.75, 3.05) is 32.7 Å². The lowest BCUT2D eigenvalue weighted by atomic mass is 10.1. The third kappa shape index (κ3) is 4.79. The average Bonchev–Trinajstić information content (AvgIpc) is 3.12. The molecule has 28 heavy (non-hydrogen) atoms. The van der Waals surface area contributed by atoms with Crippen molar-refractivity contribution in [1.82, 2.24) is 25.1 Å². The smallest absolute Gasteiger partial charge is 0.408 e. The van der Waals surface area contributed by atoms with E-state index in [2.05, 4.69) is 15.3 Å². The second-order valence-corrected chi connectivity index (χ2v) is 7.66. The fraction of sp³-hybridized carbons (Fsp3) is 0.474. The average molecular weight is 387 g/mol. The highest BCUT2D eigenvalue weighted by Gasteiger charge is 2.25. The van der Waals surface area contributed by atoms with E-state index in [4.69, 9.17) is 4.74 Å². The molecule has 3 rings (SSSR count). The number of fused-ring (bicyclic) bond motifs is 1. The lowest BCUT2D eigenvalue weighted by molar-refractivity contribution is -0.131. The van der Waals surface area contributed by atoms with Gasteiger partial charge in [0.05, 0.1) is 17.4 Å². The van der Waals surface area contributed by atoms with Crippen molar-refractivity contribution in [3.05, 3.63) is 30.1 Å². The molecule has 1 fully saturated rings. The molecule has 0 aliphatic carbocycles. The summed E-state index contributed by atoms with van der Waals surface area (Å²) in [5.41, 5.74) is 1.60. The number of imidazole rings is 1. The van der Waals surface area contributed by atoms with Gasteiger partial charge in [-0.25, -0.2) is 9.78 Å². The minimum absolute atomic E-state index is 0.0736. The molecule has 0 unspecified atom stereocenters. The predicted molar refractivity (Wildman–Crippen MR) is 103 cm³/mol. The zero-order valence-corrected chi connectivity index (χ0v) is 16.3. The Morgan fingerprint density at radius 2 is 1.82 bits per heavy atom. The third-order valence-electron chi connectivity index (χ3n) is 4.37. The van der Waals surface area contributed by atoms with E-state index < -0.39 is 11.7 Å². The normalized spacial score (nSPS) is 14.8. The molecule has 2 aromatic rings. The first-order valence-electron chi connectivity index (χ1n) is 9.20. The Morgan fingerprint density at radius 1 is 1.14 bits per heavy atom. The van der Waals surface area contributed by atoms with E-state index in [0.717, 1.165) is 11.0 Å². The van der Waals surface area contributed by atoms with E-state index in [0.29, 0.717) is 31.7 Å². The fourth-order valence-electron chi connectivity index (χ4n) is 2.98. The Kier molecular flexibility index (Phi) is 5.53. The van der Waals surface area contributed by atoms with Gasteiger partial charge in [-0.1, -0.05) is 0 Å². The van der Waals surface area contributed by atoms with Crippen LogP contribution in [0.2, 0.25) is 0 Å². The van der Waals surface area contributed by atoms with Gasteiger partial charge in [-0.15, -0.1) is 0 Å². The molecule has 9 heteroatoms. The van der Waals surface area contributed by atoms with E-state index in [1.807, 2.05) is 0 Å². The third-order valence-corrected chi connectivity index (χ3v) is 4.37. The second-order valence-electron chi connectivity index (χ2n) is 7.66. The van der Waals surface area contributed by atoms with Gasteiger partial charge in [-0.05, 0) is 39.0 Å². The number of nitrogens with one attached hydrogen (secondary N) is 2. The lowest BCUT2D eigenvalue weighted by Gasteiger charge is -2.35. The largest absolute Gasteiger partial charge is 0.444 e. The van der Waals surface area contributed by atoms with Crippen molar-refractivity contribution in [3.8, 4) is 0 Å². The van der Waals surface area contributed by atoms with Gasteiger partial charge in [-0.3, -0.25) is 9.59 Å². The quantitative estimate of drug-likeness (QED) is 0.827. The number of aromatic nitrogens is 2. The molecule has 1 saturated heterocycles. The van der Waals surface area contributed by atoms with Gasteiger partial charge in [0.25, 0.3) is 5.91 Å². The molecule has 0 saturated carbocycles. The molecule has 0 bridgehead atoms. The number of hydrogen-bond donors (Lipinski definition) is 2. The van der Waals surface area contributed by atoms with Crippen LogP contribution in [0.15, 0.2) is 24.5 Å². The number of benzene rings is 1. The summed E-state index contributed by atoms with van der Waals surface area (Å²) in [7, 11) is 0. The Balaban J connectivity index is 1.49. The summed E-state index contributed by atoms with van der Waals surface area (Å²) in [4.78, 5) is 47.1. The maximum Gasteiger partial charge on any atom is 0.408 e. The Labute approximate surface area is 163 Å². The van der Waals surface area contributed by atoms with Crippen LogP contribution < -0.4 is 5.32 Å². The number of H-pyrrole nitrogens is 1. The summed E-state index contributed by atoms with van der Waals surface area (Å²) >= 11 is 0. The monoisotopic (exact) mass is 387 g/mol. The number of alkyl carbamates (subject to hydrolysis) is 1. The van der Waals surface area contributed by atoms with E-state index >= 15 is 0 Å². The van der Waals surface area contributed by atoms with E-state index in [1.54, 1.807) is 55.1 Å². The number of carbonyl (C=O) groups is 3. The van der Waals surface area contributed by atoms with Crippen LogP contribution in [0.1, 0.15) is 31.1 Å². The summed E-state index contributed by atoms with van der Waals surface area (Å²) in [6, 6.07) is 5.35. The molecule has 1 aromatic heterocycles. The highest BCUT2D eigenvalue weighted by atomic mass is 16.6. The highest BCUT2D eigenvalue weighted by molar-refractivity contribution is 5.97. The molecule has 3 amide bonds. The van der Waals surface area contributed by atoms with Crippen LogP contribution >= 0.6 is 0 Å². The number of piperazine rings is 1. The molecule has 1 aliphatic rings. The SMILES string of the molecule is CC(C)(C)OC(=O)NCC(=O)N1CCN(C(=O)c2ccc3nc[nH]c3c2)CC1.